The smallest absolute Gasteiger partial charge is 1.00 e. The zero-order chi connectivity index (χ0) is 80.0. The van der Waals surface area contributed by atoms with E-state index >= 15 is 0 Å². The third kappa shape index (κ3) is 44.3. The minimum atomic E-state index is -1.67. The van der Waals surface area contributed by atoms with Gasteiger partial charge in [0, 0.05) is 154 Å². The van der Waals surface area contributed by atoms with E-state index in [1.807, 2.05) is 36.4 Å². The molecule has 0 spiro atoms. The molecule has 5 aromatic rings. The molecule has 39 heteroatoms. The Kier molecular flexibility index (Phi) is 50.6. The molecule has 5 fully saturated rings. The van der Waals surface area contributed by atoms with E-state index in [0.717, 1.165) is 52.8 Å². The summed E-state index contributed by atoms with van der Waals surface area (Å²) in [5.74, 6) is -3.91. The Hall–Kier alpha value is -9.76. The van der Waals surface area contributed by atoms with Crippen molar-refractivity contribution >= 4 is 141 Å². The van der Waals surface area contributed by atoms with Crippen molar-refractivity contribution in [3.05, 3.63) is 192 Å². The summed E-state index contributed by atoms with van der Waals surface area (Å²) in [6.07, 6.45) is 8.39. The fourth-order valence-corrected chi connectivity index (χ4v) is 8.51. The molecular weight excluding hydrogens is 1530 g/mol. The average molecular weight is 1610 g/mol. The number of non-ortho nitro benzene ring substituents is 3. The number of ether oxygens (including phenoxy) is 3. The maximum atomic E-state index is 11.8. The zero-order valence-electron chi connectivity index (χ0n) is 59.4. The van der Waals surface area contributed by atoms with Gasteiger partial charge in [0.05, 0.1) is 14.8 Å². The first-order valence-corrected chi connectivity index (χ1v) is 35.8. The number of carboxylic acid groups (broad SMARTS) is 2. The number of aryl methyl sites for hydroxylation is 5. The van der Waals surface area contributed by atoms with Gasteiger partial charge in [-0.3, -0.25) is 93.0 Å². The van der Waals surface area contributed by atoms with Gasteiger partial charge in [0.25, 0.3) is 17.1 Å². The number of hydrogen-bond donors (Lipinski definition) is 4. The standard InChI is InChI=1S/C17H19NO6.C12H12N2O4.C12H14N2O2.C9H8ClNO3.C9H9NO4.C4H4O4.C4H9.C3H5NO.Cl2OS.ClH.Li/c19-14(10-24-11-17(22)23)9-13-3-1-12(2-4-13)5-6-15(20)18-8-7-16(18)21;15-11(13-8-7-12(13)16)6-3-9-1-4-10(5-2-9)14(17)18;13-10-4-1-9(2-5-10)3-6-11(15)14-8-7-12(14)16;10-9(12)6-3-7-1-4-8(5-2-7)11(13)14;11-9(12)6-3-7-1-4-8(5-2-7)10(13)14;5-3-1-7-2-4(6)8-3;1-3-4-2;5-3-1-2-4-3;1-4(2)3;;/h1-4H,5-11H2,(H,22,23);1-2,4-5H,3,6-8H2;1-2,4-5H,3,6-8,13H2;1-2,4-5H,3,6H2;1-2,4-5H,3,6H2,(H,11,12);1-2H2;1,3-4H2,2H3;1-2H2,(H,4,5);;1H;/q;;;;;;-1;;;;+1/p-1. The number of nitrogens with zero attached hydrogens (tertiary/aromatic N) is 6. The number of unbranched alkanes of at least 4 members (excludes halogenated alkanes) is 1. The summed E-state index contributed by atoms with van der Waals surface area (Å²) < 4.78 is 22.4. The number of nitro benzene ring substituents is 3. The number of rotatable bonds is 25. The van der Waals surface area contributed by atoms with Crippen LogP contribution in [0.5, 0.6) is 0 Å². The van der Waals surface area contributed by atoms with E-state index in [4.69, 9.17) is 36.5 Å². The minimum absolute atomic E-state index is 0. The van der Waals surface area contributed by atoms with Crippen molar-refractivity contribution in [2.75, 3.05) is 58.3 Å². The minimum Gasteiger partial charge on any atom is -1.00 e. The van der Waals surface area contributed by atoms with Crippen molar-refractivity contribution in [1.29, 1.82) is 0 Å². The maximum absolute atomic E-state index is 11.8. The molecule has 33 nitrogen and oxygen atoms in total. The number of ketones is 1. The number of carbonyl (C=O) groups excluding carboxylic acids is 11. The molecule has 5 saturated heterocycles. The molecule has 0 aliphatic carbocycles. The molecule has 7 amide bonds. The van der Waals surface area contributed by atoms with Gasteiger partial charge in [0.1, 0.15) is 26.4 Å². The number of Topliss-reactive ketones (excluding diaryl/α,β-unsaturated/α-hetero) is 1. The number of halogens is 4. The third-order valence-corrected chi connectivity index (χ3v) is 14.8. The average Bonchev–Trinajstić information content (AvgIpc) is 0.857. The van der Waals surface area contributed by atoms with Gasteiger partial charge >= 0.3 is 42.7 Å². The van der Waals surface area contributed by atoms with Crippen LogP contribution in [0.3, 0.4) is 0 Å². The van der Waals surface area contributed by atoms with Crippen molar-refractivity contribution in [2.45, 2.75) is 116 Å². The number of hydrogen-bond acceptors (Lipinski definition) is 24. The van der Waals surface area contributed by atoms with E-state index in [9.17, 15) is 92.7 Å². The number of anilines is 1. The van der Waals surface area contributed by atoms with E-state index < -0.39 is 59.7 Å². The van der Waals surface area contributed by atoms with Gasteiger partial charge in [-0.05, 0) is 89.2 Å². The molecule has 5 aliphatic rings. The summed E-state index contributed by atoms with van der Waals surface area (Å²) in [7, 11) is 7.36. The first kappa shape index (κ1) is 99.2. The van der Waals surface area contributed by atoms with E-state index in [0.29, 0.717) is 83.1 Å². The summed E-state index contributed by atoms with van der Waals surface area (Å²) in [5.41, 5.74) is 11.7. The van der Waals surface area contributed by atoms with Crippen LogP contribution in [0.15, 0.2) is 121 Å². The number of nitrogen functional groups attached to an aromatic ring is 1. The molecule has 0 atom stereocenters. The number of β-lactam (4-membered cyclic amide) rings is 4. The molecular formula is C70H80Cl4LiN8O25S-. The van der Waals surface area contributed by atoms with Gasteiger partial charge in [-0.25, -0.2) is 18.6 Å². The Labute approximate surface area is 660 Å². The Morgan fingerprint density at radius 1 is 0.541 bits per heavy atom. The number of nitrogens with two attached hydrogens (primary N) is 1. The van der Waals surface area contributed by atoms with Crippen molar-refractivity contribution in [3.63, 3.8) is 0 Å². The van der Waals surface area contributed by atoms with Crippen LogP contribution in [0.4, 0.5) is 22.7 Å². The number of nitro groups is 3. The van der Waals surface area contributed by atoms with Gasteiger partial charge in [-0.15, -0.1) is 0 Å². The second kappa shape index (κ2) is 55.6. The predicted molar refractivity (Wildman–Crippen MR) is 388 cm³/mol. The number of aliphatic carboxylic acids is 2. The fourth-order valence-electron chi connectivity index (χ4n) is 8.41. The van der Waals surface area contributed by atoms with Crippen molar-refractivity contribution < 1.29 is 137 Å². The Bertz CT molecular complexity index is 3790. The fraction of sp³-hybridized carbons (Fsp3) is 0.371. The topological polar surface area (TPSA) is 484 Å². The summed E-state index contributed by atoms with van der Waals surface area (Å²) in [5, 5.41) is 50.1. The van der Waals surface area contributed by atoms with Gasteiger partial charge in [0.2, 0.25) is 55.8 Å². The molecule has 5 N–H and O–H groups in total. The maximum Gasteiger partial charge on any atom is 1.00 e. The molecule has 5 heterocycles. The summed E-state index contributed by atoms with van der Waals surface area (Å²) in [6, 6.07) is 32.7. The van der Waals surface area contributed by atoms with Crippen LogP contribution >= 0.6 is 33.0 Å². The van der Waals surface area contributed by atoms with Crippen molar-refractivity contribution in [1.82, 2.24) is 20.0 Å². The van der Waals surface area contributed by atoms with Crippen LogP contribution in [0.25, 0.3) is 0 Å². The molecule has 0 radical (unpaired) electrons. The number of likely N-dealkylation sites (tertiary alicyclic amines) is 3. The number of cyclic esters (lactones) is 2. The summed E-state index contributed by atoms with van der Waals surface area (Å²) in [6.45, 7) is 7.29. The molecule has 5 aromatic carbocycles. The number of esters is 2. The molecule has 5 aliphatic heterocycles. The zero-order valence-corrected chi connectivity index (χ0v) is 63.2. The van der Waals surface area contributed by atoms with Crippen molar-refractivity contribution in [2.24, 2.45) is 0 Å². The number of nitrogens with one attached hydrogen (secondary N) is 1. The van der Waals surface area contributed by atoms with E-state index in [2.05, 4.69) is 50.0 Å². The second-order valence-electron chi connectivity index (χ2n) is 22.7. The SMILES string of the molecule is Nc1ccc(CCC(=O)N2CCC2=O)cc1.O=C(CCc1ccc([N+](=O)[O-])cc1)N1CCC1=O.O=C(Cl)CCc1ccc([N+](=O)[O-])cc1.O=C(O)CCc1ccc([N+](=O)[O-])cc1.O=C(O)COCC(=O)Cc1ccc(CCC(=O)N2CCC2=O)cc1.O=C1CCN1.O=C1COCC(=O)O1.O=S(Cl)Cl.[CH2-]CCC.[Cl-].[Li+]. The van der Waals surface area contributed by atoms with Crippen molar-refractivity contribution in [3.8, 4) is 0 Å². The largest absolute Gasteiger partial charge is 1.00 e. The van der Waals surface area contributed by atoms with Gasteiger partial charge < -0.3 is 54.8 Å². The van der Waals surface area contributed by atoms with Gasteiger partial charge in [-0.2, -0.15) is 6.42 Å². The van der Waals surface area contributed by atoms with Crippen LogP contribution in [0.2, 0.25) is 0 Å². The molecule has 0 aromatic heterocycles. The van der Waals surface area contributed by atoms with Crippen LogP contribution in [-0.4, -0.2) is 173 Å². The molecule has 586 valence electrons. The Morgan fingerprint density at radius 3 is 1.06 bits per heavy atom. The number of amides is 7. The quantitative estimate of drug-likeness (QED) is 0.00747. The van der Waals surface area contributed by atoms with Gasteiger partial charge in [-0.1, -0.05) is 86.1 Å². The molecule has 109 heavy (non-hydrogen) atoms. The molecule has 0 unspecified atom stereocenters. The monoisotopic (exact) mass is 1610 g/mol. The third-order valence-electron chi connectivity index (χ3n) is 14.6. The van der Waals surface area contributed by atoms with E-state index in [-0.39, 0.29) is 147 Å². The molecule has 10 rings (SSSR count). The molecule has 0 bridgehead atoms. The van der Waals surface area contributed by atoms with E-state index in [1.165, 1.54) is 57.5 Å². The normalized spacial score (nSPS) is 13.0. The van der Waals surface area contributed by atoms with Crippen LogP contribution < -0.4 is 42.3 Å². The van der Waals surface area contributed by atoms with Gasteiger partial charge in [0.15, 0.2) is 5.78 Å². The first-order valence-electron chi connectivity index (χ1n) is 32.7. The first-order chi connectivity index (χ1) is 50.7. The van der Waals surface area contributed by atoms with Crippen LogP contribution in [-0.2, 0) is 124 Å². The van der Waals surface area contributed by atoms with Crippen LogP contribution in [0, 0.1) is 37.3 Å². The van der Waals surface area contributed by atoms with E-state index in [1.54, 1.807) is 48.5 Å². The number of imide groups is 3. The predicted octanol–water partition coefficient (Wildman–Crippen LogP) is 2.01. The Morgan fingerprint density at radius 2 is 0.835 bits per heavy atom. The Balaban J connectivity index is 0.00000126. The second-order valence-corrected chi connectivity index (χ2v) is 25.7. The number of carbonyl (C=O) groups is 13. The molecule has 0 saturated carbocycles. The summed E-state index contributed by atoms with van der Waals surface area (Å²) in [4.78, 5) is 174. The summed E-state index contributed by atoms with van der Waals surface area (Å²) >= 11 is 5.16. The van der Waals surface area contributed by atoms with Crippen LogP contribution in [0.1, 0.15) is 111 Å². The number of benzene rings is 5. The number of carboxylic acids is 2.